The Bertz CT molecular complexity index is 278. The number of carbonyl (C=O) groups is 3. The van der Waals surface area contributed by atoms with Gasteiger partial charge in [0.2, 0.25) is 0 Å². The van der Waals surface area contributed by atoms with E-state index in [9.17, 15) is 14.4 Å². The molecule has 92 valence electrons. The molecule has 0 aliphatic heterocycles. The van der Waals surface area contributed by atoms with Crippen LogP contribution >= 0.6 is 0 Å². The van der Waals surface area contributed by atoms with Crippen molar-refractivity contribution in [1.82, 2.24) is 0 Å². The van der Waals surface area contributed by atoms with Gasteiger partial charge in [-0.3, -0.25) is 4.79 Å². The highest BCUT2D eigenvalue weighted by molar-refractivity contribution is 5.79. The van der Waals surface area contributed by atoms with Crippen molar-refractivity contribution in [2.45, 2.75) is 31.8 Å². The second-order valence-corrected chi connectivity index (χ2v) is 3.13. The van der Waals surface area contributed by atoms with Crippen molar-refractivity contribution in [3.05, 3.63) is 0 Å². The Balaban J connectivity index is 3.88. The van der Waals surface area contributed by atoms with Crippen LogP contribution in [0.15, 0.2) is 0 Å². The predicted octanol–water partition coefficient (Wildman–Crippen LogP) is -1.47. The summed E-state index contributed by atoms with van der Waals surface area (Å²) in [4.78, 5) is 40.1. The van der Waals surface area contributed by atoms with Gasteiger partial charge in [-0.1, -0.05) is 0 Å². The molecular formula is C8H14N2O6. The Morgan fingerprint density at radius 1 is 1.19 bits per heavy atom. The summed E-state index contributed by atoms with van der Waals surface area (Å²) in [7, 11) is 0. The number of nitrogens with two attached hydrogens (primary N) is 2. The Morgan fingerprint density at radius 3 is 2.12 bits per heavy atom. The van der Waals surface area contributed by atoms with Crippen LogP contribution in [0.4, 0.5) is 0 Å². The molecule has 0 bridgehead atoms. The molecular weight excluding hydrogens is 220 g/mol. The molecule has 0 aliphatic carbocycles. The standard InChI is InChI=1S/C8H14N2O6/c1-4(9)7(13)15-16-8(14)5(10)2-3-6(11)12/h4-5H,2-3,9-10H2,1H3,(H,11,12)/t4?,5-/m1/s1. The lowest BCUT2D eigenvalue weighted by Crippen LogP contribution is -2.35. The van der Waals surface area contributed by atoms with Crippen molar-refractivity contribution in [3.63, 3.8) is 0 Å². The molecule has 5 N–H and O–H groups in total. The van der Waals surface area contributed by atoms with Gasteiger partial charge in [-0.2, -0.15) is 0 Å². The number of hydrogen-bond acceptors (Lipinski definition) is 7. The second-order valence-electron chi connectivity index (χ2n) is 3.13. The summed E-state index contributed by atoms with van der Waals surface area (Å²) >= 11 is 0. The average Bonchev–Trinajstić information content (AvgIpc) is 2.21. The monoisotopic (exact) mass is 234 g/mol. The zero-order valence-electron chi connectivity index (χ0n) is 8.71. The highest BCUT2D eigenvalue weighted by Crippen LogP contribution is 1.98. The van der Waals surface area contributed by atoms with E-state index in [0.29, 0.717) is 0 Å². The number of hydrogen-bond donors (Lipinski definition) is 3. The molecule has 8 nitrogen and oxygen atoms in total. The van der Waals surface area contributed by atoms with Gasteiger partial charge in [0, 0.05) is 6.42 Å². The molecule has 0 aromatic rings. The van der Waals surface area contributed by atoms with Crippen molar-refractivity contribution in [1.29, 1.82) is 0 Å². The van der Waals surface area contributed by atoms with E-state index in [1.807, 2.05) is 0 Å². The number of rotatable bonds is 5. The van der Waals surface area contributed by atoms with Crippen LogP contribution in [0, 0.1) is 0 Å². The van der Waals surface area contributed by atoms with Crippen LogP contribution in [0.3, 0.4) is 0 Å². The Labute approximate surface area is 91.4 Å². The molecule has 0 radical (unpaired) electrons. The third kappa shape index (κ3) is 5.94. The maximum atomic E-state index is 11.0. The zero-order chi connectivity index (χ0) is 12.7. The van der Waals surface area contributed by atoms with Gasteiger partial charge < -0.3 is 16.6 Å². The van der Waals surface area contributed by atoms with E-state index >= 15 is 0 Å². The quantitative estimate of drug-likeness (QED) is 0.386. The van der Waals surface area contributed by atoms with Crippen LogP contribution in [0.1, 0.15) is 19.8 Å². The van der Waals surface area contributed by atoms with Crippen molar-refractivity contribution in [3.8, 4) is 0 Å². The molecule has 0 saturated carbocycles. The van der Waals surface area contributed by atoms with E-state index in [2.05, 4.69) is 9.78 Å². The van der Waals surface area contributed by atoms with Gasteiger partial charge >= 0.3 is 17.9 Å². The van der Waals surface area contributed by atoms with Crippen LogP contribution in [0.5, 0.6) is 0 Å². The largest absolute Gasteiger partial charge is 0.481 e. The first-order chi connectivity index (χ1) is 7.34. The first-order valence-corrected chi connectivity index (χ1v) is 4.49. The van der Waals surface area contributed by atoms with Gasteiger partial charge in [-0.15, -0.1) is 0 Å². The van der Waals surface area contributed by atoms with E-state index in [-0.39, 0.29) is 12.8 Å². The third-order valence-corrected chi connectivity index (χ3v) is 1.55. The highest BCUT2D eigenvalue weighted by Gasteiger charge is 2.20. The van der Waals surface area contributed by atoms with Gasteiger partial charge in [-0.25, -0.2) is 19.4 Å². The summed E-state index contributed by atoms with van der Waals surface area (Å²) in [6.45, 7) is 1.35. The number of carbonyl (C=O) groups excluding carboxylic acids is 2. The van der Waals surface area contributed by atoms with E-state index in [0.717, 1.165) is 0 Å². The van der Waals surface area contributed by atoms with Crippen molar-refractivity contribution < 1.29 is 29.3 Å². The maximum Gasteiger partial charge on any atom is 0.372 e. The first-order valence-electron chi connectivity index (χ1n) is 4.49. The summed E-state index contributed by atoms with van der Waals surface area (Å²) in [5.74, 6) is -3.02. The molecule has 0 amide bonds. The van der Waals surface area contributed by atoms with Gasteiger partial charge in [0.05, 0.1) is 0 Å². The SMILES string of the molecule is CC(N)C(=O)OOC(=O)[C@H](N)CCC(=O)O. The summed E-state index contributed by atoms with van der Waals surface area (Å²) in [5.41, 5.74) is 10.4. The molecule has 0 saturated heterocycles. The van der Waals surface area contributed by atoms with Crippen molar-refractivity contribution in [2.75, 3.05) is 0 Å². The number of aliphatic carboxylic acids is 1. The zero-order valence-corrected chi connectivity index (χ0v) is 8.71. The maximum absolute atomic E-state index is 11.0. The first kappa shape index (κ1) is 14.3. The fraction of sp³-hybridized carbons (Fsp3) is 0.625. The summed E-state index contributed by atoms with van der Waals surface area (Å²) < 4.78 is 0. The Kier molecular flexibility index (Phi) is 6.04. The summed E-state index contributed by atoms with van der Waals surface area (Å²) in [6, 6.07) is -2.08. The minimum absolute atomic E-state index is 0.107. The summed E-state index contributed by atoms with van der Waals surface area (Å²) in [6.07, 6.45) is -0.387. The van der Waals surface area contributed by atoms with Crippen LogP contribution in [-0.2, 0) is 24.2 Å². The number of carboxylic acid groups (broad SMARTS) is 1. The van der Waals surface area contributed by atoms with Crippen LogP contribution in [-0.4, -0.2) is 35.1 Å². The lowest BCUT2D eigenvalue weighted by atomic mass is 10.2. The van der Waals surface area contributed by atoms with Gasteiger partial charge in [0.15, 0.2) is 0 Å². The Hall–Kier alpha value is -1.67. The van der Waals surface area contributed by atoms with Crippen LogP contribution < -0.4 is 11.5 Å². The second kappa shape index (κ2) is 6.75. The number of carboxylic acids is 1. The molecule has 8 heteroatoms. The topological polar surface area (TPSA) is 142 Å². The highest BCUT2D eigenvalue weighted by atomic mass is 17.2. The minimum Gasteiger partial charge on any atom is -0.481 e. The Morgan fingerprint density at radius 2 is 1.69 bits per heavy atom. The third-order valence-electron chi connectivity index (χ3n) is 1.55. The molecule has 0 heterocycles. The molecule has 16 heavy (non-hydrogen) atoms. The molecule has 0 aromatic heterocycles. The van der Waals surface area contributed by atoms with Crippen molar-refractivity contribution >= 4 is 17.9 Å². The average molecular weight is 234 g/mol. The normalized spacial score (nSPS) is 13.7. The lowest BCUT2D eigenvalue weighted by molar-refractivity contribution is -0.260. The lowest BCUT2D eigenvalue weighted by Gasteiger charge is -2.09. The fourth-order valence-electron chi connectivity index (χ4n) is 0.617. The van der Waals surface area contributed by atoms with Crippen LogP contribution in [0.25, 0.3) is 0 Å². The predicted molar refractivity (Wildman–Crippen MR) is 50.7 cm³/mol. The minimum atomic E-state index is -1.16. The van der Waals surface area contributed by atoms with E-state index in [4.69, 9.17) is 16.6 Å². The molecule has 0 aromatic carbocycles. The molecule has 0 spiro atoms. The van der Waals surface area contributed by atoms with Crippen LogP contribution in [0.2, 0.25) is 0 Å². The molecule has 1 unspecified atom stereocenters. The summed E-state index contributed by atoms with van der Waals surface area (Å²) in [5, 5.41) is 8.33. The smallest absolute Gasteiger partial charge is 0.372 e. The molecule has 0 rings (SSSR count). The van der Waals surface area contributed by atoms with E-state index < -0.39 is 30.0 Å². The fourth-order valence-corrected chi connectivity index (χ4v) is 0.617. The van der Waals surface area contributed by atoms with Gasteiger partial charge in [0.25, 0.3) is 0 Å². The van der Waals surface area contributed by atoms with E-state index in [1.54, 1.807) is 0 Å². The van der Waals surface area contributed by atoms with Gasteiger partial charge in [0.1, 0.15) is 12.1 Å². The van der Waals surface area contributed by atoms with E-state index in [1.165, 1.54) is 6.92 Å². The van der Waals surface area contributed by atoms with Gasteiger partial charge in [-0.05, 0) is 13.3 Å². The molecule has 2 atom stereocenters. The molecule has 0 fully saturated rings. The molecule has 0 aliphatic rings. The van der Waals surface area contributed by atoms with Crippen molar-refractivity contribution in [2.24, 2.45) is 11.5 Å².